The van der Waals surface area contributed by atoms with Gasteiger partial charge in [-0.15, -0.1) is 0 Å². The molecule has 14 aromatic carbocycles. The first kappa shape index (κ1) is 80.0. The summed E-state index contributed by atoms with van der Waals surface area (Å²) < 4.78 is 47.8. The van der Waals surface area contributed by atoms with Crippen LogP contribution in [-0.4, -0.2) is 77.7 Å². The molecule has 8 aliphatic rings. The lowest BCUT2D eigenvalue weighted by atomic mass is 9.77. The Kier molecular flexibility index (Phi) is 23.3. The SMILES string of the molecule is CC(c1ccc2c(c1)CN(c1ccccc1)CO2)c1ccc2c(c1)CN(c1ccccc1)CO2.CN1COc2ccc(C(C)(C)c3ccc4c(c3)CN(C)CO4)cc2C1.c1ccc(N2COc3ccc(-c4ccc5c(c4)CN(c4ccccc4)CO5)cc3C2)cc1.c1ccc(N2COc3ccc(Cc4ccc5c(c4)CN(c4ccccc4)CO5)cc3C2)cc1. The molecule has 8 aliphatic heterocycles. The molecule has 0 N–H and O–H groups in total. The van der Waals surface area contributed by atoms with Crippen molar-refractivity contribution in [1.29, 1.82) is 0 Å². The number of benzene rings is 14. The number of fused-ring (bicyclic) bond motifs is 8. The van der Waals surface area contributed by atoms with Gasteiger partial charge in [0.2, 0.25) is 0 Å². The third-order valence-corrected chi connectivity index (χ3v) is 24.8. The molecular formula is C108H104N8O8. The number of hydrogen-bond acceptors (Lipinski definition) is 16. The van der Waals surface area contributed by atoms with Crippen LogP contribution < -0.4 is 67.3 Å². The minimum Gasteiger partial charge on any atom is -0.478 e. The number of hydrogen-bond donors (Lipinski definition) is 0. The second kappa shape index (κ2) is 36.1. The van der Waals surface area contributed by atoms with Crippen LogP contribution in [0, 0.1) is 0 Å². The van der Waals surface area contributed by atoms with Crippen LogP contribution in [0.4, 0.5) is 34.1 Å². The van der Waals surface area contributed by atoms with Crippen LogP contribution in [0.5, 0.6) is 46.0 Å². The number of anilines is 6. The molecule has 0 unspecified atom stereocenters. The molecule has 0 saturated heterocycles. The molecule has 8 heterocycles. The summed E-state index contributed by atoms with van der Waals surface area (Å²) in [4.78, 5) is 17.9. The molecule has 0 bridgehead atoms. The Morgan fingerprint density at radius 3 is 0.766 bits per heavy atom. The first-order valence-corrected chi connectivity index (χ1v) is 43.0. The normalized spacial score (nSPS) is 15.4. The molecule has 22 rings (SSSR count). The van der Waals surface area contributed by atoms with Gasteiger partial charge in [0.05, 0.1) is 0 Å². The van der Waals surface area contributed by atoms with E-state index in [0.717, 1.165) is 105 Å². The predicted molar refractivity (Wildman–Crippen MR) is 496 cm³/mol. The molecule has 0 aliphatic carbocycles. The van der Waals surface area contributed by atoms with E-state index in [9.17, 15) is 0 Å². The summed E-state index contributed by atoms with van der Waals surface area (Å²) in [5.41, 5.74) is 27.1. The molecule has 0 saturated carbocycles. The van der Waals surface area contributed by atoms with Crippen LogP contribution in [0.1, 0.15) is 105 Å². The molecule has 16 heteroatoms. The van der Waals surface area contributed by atoms with E-state index in [-0.39, 0.29) is 11.3 Å². The zero-order valence-corrected chi connectivity index (χ0v) is 71.1. The van der Waals surface area contributed by atoms with Crippen molar-refractivity contribution in [3.63, 3.8) is 0 Å². The van der Waals surface area contributed by atoms with Crippen LogP contribution in [0.2, 0.25) is 0 Å². The van der Waals surface area contributed by atoms with Crippen LogP contribution in [0.25, 0.3) is 11.1 Å². The molecule has 0 spiro atoms. The monoisotopic (exact) mass is 1640 g/mol. The summed E-state index contributed by atoms with van der Waals surface area (Å²) in [5, 5.41) is 0. The highest BCUT2D eigenvalue weighted by molar-refractivity contribution is 5.70. The fraction of sp³-hybridized carbons (Fsp3) is 0.222. The first-order chi connectivity index (χ1) is 60.8. The quantitative estimate of drug-likeness (QED) is 0.109. The number of para-hydroxylation sites is 6. The van der Waals surface area contributed by atoms with Gasteiger partial charge in [-0.2, -0.15) is 0 Å². The van der Waals surface area contributed by atoms with Crippen LogP contribution in [0.3, 0.4) is 0 Å². The van der Waals surface area contributed by atoms with Crippen molar-refractivity contribution < 1.29 is 37.9 Å². The van der Waals surface area contributed by atoms with Crippen molar-refractivity contribution in [2.45, 2.75) is 90.9 Å². The summed E-state index contributed by atoms with van der Waals surface area (Å²) in [6.07, 6.45) is 0.886. The Bertz CT molecular complexity index is 5680. The first-order valence-electron chi connectivity index (χ1n) is 43.0. The van der Waals surface area contributed by atoms with E-state index in [0.29, 0.717) is 53.8 Å². The van der Waals surface area contributed by atoms with E-state index < -0.39 is 0 Å². The van der Waals surface area contributed by atoms with Crippen molar-refractivity contribution in [3.8, 4) is 57.1 Å². The maximum atomic E-state index is 6.06. The van der Waals surface area contributed by atoms with E-state index in [1.165, 1.54) is 123 Å². The van der Waals surface area contributed by atoms with Gasteiger partial charge in [-0.1, -0.05) is 178 Å². The van der Waals surface area contributed by atoms with Crippen LogP contribution >= 0.6 is 0 Å². The van der Waals surface area contributed by atoms with Crippen LogP contribution in [0.15, 0.2) is 328 Å². The molecule has 124 heavy (non-hydrogen) atoms. The molecule has 16 nitrogen and oxygen atoms in total. The molecule has 0 aromatic heterocycles. The Hall–Kier alpha value is -13.8. The number of rotatable bonds is 13. The highest BCUT2D eigenvalue weighted by Gasteiger charge is 2.31. The fourth-order valence-corrected chi connectivity index (χ4v) is 17.6. The summed E-state index contributed by atoms with van der Waals surface area (Å²) in [6.45, 7) is 18.6. The van der Waals surface area contributed by atoms with Crippen molar-refractivity contribution in [2.24, 2.45) is 0 Å². The van der Waals surface area contributed by atoms with Crippen molar-refractivity contribution in [2.75, 3.05) is 97.3 Å². The lowest BCUT2D eigenvalue weighted by Crippen LogP contribution is -2.32. The van der Waals surface area contributed by atoms with Crippen molar-refractivity contribution in [3.05, 3.63) is 405 Å². The van der Waals surface area contributed by atoms with E-state index >= 15 is 0 Å². The fourth-order valence-electron chi connectivity index (χ4n) is 17.6. The maximum absolute atomic E-state index is 6.06. The zero-order chi connectivity index (χ0) is 83.9. The zero-order valence-electron chi connectivity index (χ0n) is 71.1. The Morgan fingerprint density at radius 2 is 0.476 bits per heavy atom. The molecule has 0 radical (unpaired) electrons. The van der Waals surface area contributed by atoms with E-state index in [2.05, 4.69) is 365 Å². The van der Waals surface area contributed by atoms with Gasteiger partial charge in [0.15, 0.2) is 40.4 Å². The predicted octanol–water partition coefficient (Wildman–Crippen LogP) is 22.2. The summed E-state index contributed by atoms with van der Waals surface area (Å²) in [5.74, 6) is 8.19. The number of nitrogens with zero attached hydrogens (tertiary/aromatic N) is 8. The van der Waals surface area contributed by atoms with E-state index in [1.807, 2.05) is 36.4 Å². The molecular weight excluding hydrogens is 1540 g/mol. The lowest BCUT2D eigenvalue weighted by molar-refractivity contribution is 0.121. The van der Waals surface area contributed by atoms with Gasteiger partial charge in [0.1, 0.15) is 59.5 Å². The molecule has 14 aromatic rings. The Morgan fingerprint density at radius 1 is 0.242 bits per heavy atom. The summed E-state index contributed by atoms with van der Waals surface area (Å²) >= 11 is 0. The van der Waals surface area contributed by atoms with Gasteiger partial charge in [0.25, 0.3) is 0 Å². The second-order valence-corrected chi connectivity index (χ2v) is 33.8. The average molecular weight is 1640 g/mol. The average Bonchev–Trinajstić information content (AvgIpc) is 0.782. The van der Waals surface area contributed by atoms with Gasteiger partial charge in [-0.05, 0) is 235 Å². The standard InChI is InChI=1S/C30H28N2O2.C29H26N2O2.C28H24N2O2.C21H26N2O2/c1-22(23-12-14-29-25(16-23)18-31(20-33-29)27-8-4-2-5-9-27)24-13-15-30-26(17-24)19-32(21-34-30)28-10-6-3-7-11-28;1-3-7-26(8-4-1)30-18-24-16-22(11-13-28(24)32-20-30)15-23-12-14-29-25(17-23)19-31(21-33-29)27-9-5-2-6-10-27;1-3-7-25(8-4-1)29-17-23-15-21(11-13-27(23)31-19-29)22-12-14-28-24(16-22)18-30(20-32-28)26-9-5-2-6-10-26;1-21(2,17-5-7-19-15(9-17)11-22(3)13-24-19)18-6-8-20-16(10-18)12-23(4)14-25-20/h2-17,22H,18-21H2,1H3;1-14,16-17H,15,18-21H2;1-16H,17-20H2;5-10H,11-14H2,1-4H3. The van der Waals surface area contributed by atoms with Gasteiger partial charge >= 0.3 is 0 Å². The third-order valence-electron chi connectivity index (χ3n) is 24.8. The van der Waals surface area contributed by atoms with Crippen LogP contribution in [-0.2, 0) is 64.2 Å². The second-order valence-electron chi connectivity index (χ2n) is 33.8. The highest BCUT2D eigenvalue weighted by Crippen LogP contribution is 2.43. The van der Waals surface area contributed by atoms with E-state index in [4.69, 9.17) is 37.9 Å². The number of ether oxygens (including phenoxy) is 8. The molecule has 0 fully saturated rings. The van der Waals surface area contributed by atoms with Gasteiger partial charge in [0, 0.05) is 142 Å². The lowest BCUT2D eigenvalue weighted by Gasteiger charge is -2.32. The summed E-state index contributed by atoms with van der Waals surface area (Å²) in [7, 11) is 4.17. The third kappa shape index (κ3) is 18.1. The maximum Gasteiger partial charge on any atom is 0.161 e. The van der Waals surface area contributed by atoms with Crippen molar-refractivity contribution >= 4 is 34.1 Å². The smallest absolute Gasteiger partial charge is 0.161 e. The topological polar surface area (TPSA) is 99.8 Å². The Labute approximate surface area is 728 Å². The minimum absolute atomic E-state index is 0.0733. The van der Waals surface area contributed by atoms with Gasteiger partial charge in [-0.25, -0.2) is 0 Å². The molecule has 0 amide bonds. The minimum atomic E-state index is -0.0733. The molecule has 0 atom stereocenters. The highest BCUT2D eigenvalue weighted by atomic mass is 16.5. The summed E-state index contributed by atoms with van der Waals surface area (Å²) in [6, 6.07) is 115. The Balaban J connectivity index is 0.000000109. The largest absolute Gasteiger partial charge is 0.478 e. The molecule has 624 valence electrons. The van der Waals surface area contributed by atoms with E-state index in [1.54, 1.807) is 0 Å². The van der Waals surface area contributed by atoms with Crippen molar-refractivity contribution in [1.82, 2.24) is 9.80 Å². The van der Waals surface area contributed by atoms with Gasteiger partial charge < -0.3 is 67.3 Å². The van der Waals surface area contributed by atoms with Gasteiger partial charge in [-0.3, -0.25) is 9.80 Å².